The first kappa shape index (κ1) is 14.8. The number of hydrogen-bond acceptors (Lipinski definition) is 3. The van der Waals surface area contributed by atoms with Gasteiger partial charge in [-0.1, -0.05) is 18.2 Å². The number of benzene rings is 1. The Kier molecular flexibility index (Phi) is 4.33. The molecule has 2 aromatic heterocycles. The summed E-state index contributed by atoms with van der Waals surface area (Å²) < 4.78 is 0. The molecule has 3 rings (SSSR count). The van der Waals surface area contributed by atoms with Crippen LogP contribution in [0, 0.1) is 0 Å². The van der Waals surface area contributed by atoms with Crippen molar-refractivity contribution in [2.24, 2.45) is 0 Å². The van der Waals surface area contributed by atoms with Crippen molar-refractivity contribution < 1.29 is 9.59 Å². The third kappa shape index (κ3) is 3.55. The van der Waals surface area contributed by atoms with Gasteiger partial charge < -0.3 is 15.6 Å². The fourth-order valence-electron chi connectivity index (χ4n) is 2.35. The van der Waals surface area contributed by atoms with Gasteiger partial charge in [0, 0.05) is 29.8 Å². The van der Waals surface area contributed by atoms with Crippen molar-refractivity contribution in [3.63, 3.8) is 0 Å². The van der Waals surface area contributed by atoms with E-state index in [4.69, 9.17) is 0 Å². The molecule has 3 aromatic rings. The number of H-pyrrole nitrogens is 1. The Morgan fingerprint density at radius 3 is 2.78 bits per heavy atom. The third-order valence-corrected chi connectivity index (χ3v) is 3.48. The standard InChI is InChI=1S/C17H16N4O2/c22-16(17(23)21-13-4-3-8-18-11-13)19-9-7-12-10-20-15-6-2-1-5-14(12)15/h1-6,8,10-11,20H,7,9H2,(H,19,22)(H,21,23). The van der Waals surface area contributed by atoms with Crippen LogP contribution in [0.5, 0.6) is 0 Å². The van der Waals surface area contributed by atoms with Crippen LogP contribution in [-0.4, -0.2) is 28.3 Å². The number of amides is 2. The van der Waals surface area contributed by atoms with E-state index in [1.807, 2.05) is 30.5 Å². The van der Waals surface area contributed by atoms with Gasteiger partial charge in [-0.05, 0) is 30.2 Å². The number of carbonyl (C=O) groups excluding carboxylic acids is 2. The van der Waals surface area contributed by atoms with Crippen molar-refractivity contribution >= 4 is 28.4 Å². The minimum absolute atomic E-state index is 0.390. The number of nitrogens with one attached hydrogen (secondary N) is 3. The van der Waals surface area contributed by atoms with Crippen molar-refractivity contribution in [1.82, 2.24) is 15.3 Å². The van der Waals surface area contributed by atoms with Crippen LogP contribution in [0.2, 0.25) is 0 Å². The number of carbonyl (C=O) groups is 2. The second-order valence-electron chi connectivity index (χ2n) is 5.06. The second-order valence-corrected chi connectivity index (χ2v) is 5.06. The minimum Gasteiger partial charge on any atom is -0.361 e. The Labute approximate surface area is 132 Å². The van der Waals surface area contributed by atoms with E-state index >= 15 is 0 Å². The van der Waals surface area contributed by atoms with Gasteiger partial charge in [0.15, 0.2) is 0 Å². The molecule has 0 aliphatic rings. The molecule has 0 aliphatic carbocycles. The molecular weight excluding hydrogens is 292 g/mol. The van der Waals surface area contributed by atoms with Gasteiger partial charge in [0.05, 0.1) is 11.9 Å². The fourth-order valence-corrected chi connectivity index (χ4v) is 2.35. The zero-order chi connectivity index (χ0) is 16.1. The number of anilines is 1. The summed E-state index contributed by atoms with van der Waals surface area (Å²) >= 11 is 0. The van der Waals surface area contributed by atoms with Crippen LogP contribution in [-0.2, 0) is 16.0 Å². The molecule has 3 N–H and O–H groups in total. The van der Waals surface area contributed by atoms with Crippen LogP contribution >= 0.6 is 0 Å². The highest BCUT2D eigenvalue weighted by Crippen LogP contribution is 2.17. The lowest BCUT2D eigenvalue weighted by Crippen LogP contribution is -2.36. The maximum absolute atomic E-state index is 11.8. The van der Waals surface area contributed by atoms with E-state index in [2.05, 4.69) is 20.6 Å². The number of para-hydroxylation sites is 1. The predicted octanol–water partition coefficient (Wildman–Crippen LogP) is 1.86. The van der Waals surface area contributed by atoms with E-state index < -0.39 is 11.8 Å². The highest BCUT2D eigenvalue weighted by atomic mass is 16.2. The average Bonchev–Trinajstić information content (AvgIpc) is 2.99. The van der Waals surface area contributed by atoms with E-state index in [1.54, 1.807) is 18.3 Å². The summed E-state index contributed by atoms with van der Waals surface area (Å²) in [5.41, 5.74) is 2.65. The first-order valence-electron chi connectivity index (χ1n) is 7.28. The van der Waals surface area contributed by atoms with Crippen molar-refractivity contribution in [1.29, 1.82) is 0 Å². The number of hydrogen-bond donors (Lipinski definition) is 3. The predicted molar refractivity (Wildman–Crippen MR) is 87.9 cm³/mol. The molecule has 23 heavy (non-hydrogen) atoms. The van der Waals surface area contributed by atoms with Crippen molar-refractivity contribution in [3.8, 4) is 0 Å². The van der Waals surface area contributed by atoms with Gasteiger partial charge in [-0.15, -0.1) is 0 Å². The third-order valence-electron chi connectivity index (χ3n) is 3.48. The molecular formula is C17H16N4O2. The highest BCUT2D eigenvalue weighted by molar-refractivity contribution is 6.39. The van der Waals surface area contributed by atoms with Crippen LogP contribution in [0.3, 0.4) is 0 Å². The number of fused-ring (bicyclic) bond motifs is 1. The quantitative estimate of drug-likeness (QED) is 0.643. The Morgan fingerprint density at radius 1 is 1.09 bits per heavy atom. The zero-order valence-electron chi connectivity index (χ0n) is 12.4. The summed E-state index contributed by atoms with van der Waals surface area (Å²) in [7, 11) is 0. The van der Waals surface area contributed by atoms with Crippen molar-refractivity contribution in [2.75, 3.05) is 11.9 Å². The maximum Gasteiger partial charge on any atom is 0.313 e. The number of aromatic nitrogens is 2. The number of rotatable bonds is 4. The summed E-state index contributed by atoms with van der Waals surface area (Å²) in [5.74, 6) is -1.36. The smallest absolute Gasteiger partial charge is 0.313 e. The molecule has 0 unspecified atom stereocenters. The molecule has 0 fully saturated rings. The first-order chi connectivity index (χ1) is 11.2. The summed E-state index contributed by atoms with van der Waals surface area (Å²) in [6, 6.07) is 11.3. The summed E-state index contributed by atoms with van der Waals surface area (Å²) in [5, 5.41) is 6.24. The Hall–Kier alpha value is -3.15. The van der Waals surface area contributed by atoms with Crippen molar-refractivity contribution in [3.05, 3.63) is 60.6 Å². The van der Waals surface area contributed by atoms with Crippen LogP contribution < -0.4 is 10.6 Å². The van der Waals surface area contributed by atoms with E-state index in [0.717, 1.165) is 16.5 Å². The van der Waals surface area contributed by atoms with E-state index in [1.165, 1.54) is 6.20 Å². The summed E-state index contributed by atoms with van der Waals surface area (Å²) in [6.07, 6.45) is 5.65. The molecule has 0 atom stereocenters. The van der Waals surface area contributed by atoms with Crippen molar-refractivity contribution in [2.45, 2.75) is 6.42 Å². The first-order valence-corrected chi connectivity index (χ1v) is 7.28. The molecule has 0 spiro atoms. The normalized spacial score (nSPS) is 10.4. The SMILES string of the molecule is O=C(NCCc1c[nH]c2ccccc12)C(=O)Nc1cccnc1. The lowest BCUT2D eigenvalue weighted by atomic mass is 10.1. The zero-order valence-corrected chi connectivity index (χ0v) is 12.4. The molecule has 0 radical (unpaired) electrons. The fraction of sp³-hybridized carbons (Fsp3) is 0.118. The van der Waals surface area contributed by atoms with E-state index in [0.29, 0.717) is 18.7 Å². The summed E-state index contributed by atoms with van der Waals surface area (Å²) in [6.45, 7) is 0.390. The molecule has 2 heterocycles. The molecule has 1 aromatic carbocycles. The topological polar surface area (TPSA) is 86.9 Å². The number of nitrogens with zero attached hydrogens (tertiary/aromatic N) is 1. The van der Waals surface area contributed by atoms with Gasteiger partial charge in [-0.3, -0.25) is 14.6 Å². The van der Waals surface area contributed by atoms with Gasteiger partial charge >= 0.3 is 11.8 Å². The Balaban J connectivity index is 1.52. The molecule has 0 aliphatic heterocycles. The molecule has 116 valence electrons. The number of pyridine rings is 1. The number of aromatic amines is 1. The molecule has 2 amide bonds. The molecule has 6 nitrogen and oxygen atoms in total. The van der Waals surface area contributed by atoms with Gasteiger partial charge in [0.1, 0.15) is 0 Å². The second kappa shape index (κ2) is 6.74. The monoisotopic (exact) mass is 308 g/mol. The molecule has 0 saturated heterocycles. The van der Waals surface area contributed by atoms with Crippen LogP contribution in [0.25, 0.3) is 10.9 Å². The lowest BCUT2D eigenvalue weighted by Gasteiger charge is -2.06. The maximum atomic E-state index is 11.8. The average molecular weight is 308 g/mol. The summed E-state index contributed by atoms with van der Waals surface area (Å²) in [4.78, 5) is 30.6. The van der Waals surface area contributed by atoms with E-state index in [-0.39, 0.29) is 0 Å². The minimum atomic E-state index is -0.697. The largest absolute Gasteiger partial charge is 0.361 e. The van der Waals surface area contributed by atoms with Gasteiger partial charge in [-0.2, -0.15) is 0 Å². The van der Waals surface area contributed by atoms with Gasteiger partial charge in [0.25, 0.3) is 0 Å². The lowest BCUT2D eigenvalue weighted by molar-refractivity contribution is -0.136. The van der Waals surface area contributed by atoms with Crippen LogP contribution in [0.1, 0.15) is 5.56 Å². The van der Waals surface area contributed by atoms with Crippen LogP contribution in [0.4, 0.5) is 5.69 Å². The highest BCUT2D eigenvalue weighted by Gasteiger charge is 2.13. The van der Waals surface area contributed by atoms with Crippen LogP contribution in [0.15, 0.2) is 55.0 Å². The molecule has 0 bridgehead atoms. The Morgan fingerprint density at radius 2 is 1.96 bits per heavy atom. The molecule has 6 heteroatoms. The van der Waals surface area contributed by atoms with E-state index in [9.17, 15) is 9.59 Å². The van der Waals surface area contributed by atoms with Gasteiger partial charge in [0.2, 0.25) is 0 Å². The Bertz CT molecular complexity index is 827. The van der Waals surface area contributed by atoms with Gasteiger partial charge in [-0.25, -0.2) is 0 Å². The molecule has 0 saturated carbocycles.